The summed E-state index contributed by atoms with van der Waals surface area (Å²) in [5.41, 5.74) is 5.25. The van der Waals surface area contributed by atoms with Gasteiger partial charge in [0.25, 0.3) is 0 Å². The zero-order chi connectivity index (χ0) is 15.7. The van der Waals surface area contributed by atoms with Crippen molar-refractivity contribution in [3.63, 3.8) is 0 Å². The highest BCUT2D eigenvalue weighted by Gasteiger charge is 2.26. The maximum Gasteiger partial charge on any atom is 0.317 e. The second-order valence-electron chi connectivity index (χ2n) is 6.31. The highest BCUT2D eigenvalue weighted by Crippen LogP contribution is 2.33. The molecule has 0 bridgehead atoms. The molecule has 2 aromatic rings. The van der Waals surface area contributed by atoms with Crippen molar-refractivity contribution in [3.05, 3.63) is 35.0 Å². The monoisotopic (exact) mass is 299 g/mol. The van der Waals surface area contributed by atoms with Crippen LogP contribution in [0.4, 0.5) is 4.79 Å². The van der Waals surface area contributed by atoms with Gasteiger partial charge in [0, 0.05) is 42.1 Å². The number of fused-ring (bicyclic) bond motifs is 1. The molecule has 2 amide bonds. The van der Waals surface area contributed by atoms with Gasteiger partial charge in [-0.05, 0) is 51.3 Å². The Labute approximate surface area is 131 Å². The Kier molecular flexibility index (Phi) is 4.10. The number of benzene rings is 1. The predicted molar refractivity (Wildman–Crippen MR) is 90.4 cm³/mol. The zero-order valence-electron chi connectivity index (χ0n) is 13.7. The fourth-order valence-electron chi connectivity index (χ4n) is 3.50. The first-order valence-corrected chi connectivity index (χ1v) is 8.21. The molecule has 0 radical (unpaired) electrons. The van der Waals surface area contributed by atoms with Crippen LogP contribution in [0.15, 0.2) is 18.2 Å². The third-order valence-electron chi connectivity index (χ3n) is 4.77. The Balaban J connectivity index is 1.76. The standard InChI is InChI=1S/C18H25N3O/c1-4-19-18(22)21-9-7-14(8-10-21)17-13(3)15-11-12(2)5-6-16(15)20-17/h5-6,11,14,20H,4,7-10H2,1-3H3,(H,19,22). The van der Waals surface area contributed by atoms with Crippen LogP contribution >= 0.6 is 0 Å². The van der Waals surface area contributed by atoms with Gasteiger partial charge in [0.15, 0.2) is 0 Å². The van der Waals surface area contributed by atoms with Crippen LogP contribution in [0.2, 0.25) is 0 Å². The Morgan fingerprint density at radius 2 is 2.05 bits per heavy atom. The van der Waals surface area contributed by atoms with Crippen LogP contribution < -0.4 is 5.32 Å². The SMILES string of the molecule is CCNC(=O)N1CCC(c2[nH]c3ccc(C)cc3c2C)CC1. The molecule has 118 valence electrons. The third-order valence-corrected chi connectivity index (χ3v) is 4.77. The van der Waals surface area contributed by atoms with E-state index in [1.54, 1.807) is 0 Å². The number of aromatic nitrogens is 1. The Morgan fingerprint density at radius 1 is 1.32 bits per heavy atom. The first-order valence-electron chi connectivity index (χ1n) is 8.21. The number of amides is 2. The number of urea groups is 1. The van der Waals surface area contributed by atoms with Gasteiger partial charge in [-0.15, -0.1) is 0 Å². The van der Waals surface area contributed by atoms with E-state index in [4.69, 9.17) is 0 Å². The molecule has 1 aromatic heterocycles. The average molecular weight is 299 g/mol. The van der Waals surface area contributed by atoms with Gasteiger partial charge in [0.1, 0.15) is 0 Å². The van der Waals surface area contributed by atoms with E-state index < -0.39 is 0 Å². The molecule has 1 saturated heterocycles. The number of hydrogen-bond donors (Lipinski definition) is 2. The van der Waals surface area contributed by atoms with Gasteiger partial charge in [0.05, 0.1) is 0 Å². The highest BCUT2D eigenvalue weighted by atomic mass is 16.2. The average Bonchev–Trinajstić information content (AvgIpc) is 2.84. The fourth-order valence-corrected chi connectivity index (χ4v) is 3.50. The second kappa shape index (κ2) is 6.03. The molecule has 0 spiro atoms. The second-order valence-corrected chi connectivity index (χ2v) is 6.31. The van der Waals surface area contributed by atoms with Gasteiger partial charge in [-0.25, -0.2) is 4.79 Å². The van der Waals surface area contributed by atoms with E-state index in [0.717, 1.165) is 25.9 Å². The van der Waals surface area contributed by atoms with Crippen molar-refractivity contribution in [2.45, 2.75) is 39.5 Å². The van der Waals surface area contributed by atoms with Crippen LogP contribution in [-0.2, 0) is 0 Å². The van der Waals surface area contributed by atoms with Crippen molar-refractivity contribution < 1.29 is 4.79 Å². The minimum absolute atomic E-state index is 0.0740. The van der Waals surface area contributed by atoms with E-state index in [9.17, 15) is 4.79 Å². The molecule has 1 fully saturated rings. The molecule has 2 N–H and O–H groups in total. The lowest BCUT2D eigenvalue weighted by atomic mass is 9.91. The molecule has 2 heterocycles. The predicted octanol–water partition coefficient (Wildman–Crippen LogP) is 3.69. The summed E-state index contributed by atoms with van der Waals surface area (Å²) in [6, 6.07) is 6.66. The number of nitrogens with one attached hydrogen (secondary N) is 2. The van der Waals surface area contributed by atoms with Crippen LogP contribution in [0.5, 0.6) is 0 Å². The Hall–Kier alpha value is -1.97. The van der Waals surface area contributed by atoms with Crippen LogP contribution in [0.3, 0.4) is 0 Å². The topological polar surface area (TPSA) is 48.1 Å². The van der Waals surface area contributed by atoms with Gasteiger partial charge < -0.3 is 15.2 Å². The van der Waals surface area contributed by atoms with Gasteiger partial charge in [-0.2, -0.15) is 0 Å². The molecule has 0 unspecified atom stereocenters. The summed E-state index contributed by atoms with van der Waals surface area (Å²) in [6.07, 6.45) is 2.06. The number of carbonyl (C=O) groups excluding carboxylic acids is 1. The van der Waals surface area contributed by atoms with Gasteiger partial charge in [-0.3, -0.25) is 0 Å². The molecule has 3 rings (SSSR count). The number of rotatable bonds is 2. The summed E-state index contributed by atoms with van der Waals surface area (Å²) in [7, 11) is 0. The van der Waals surface area contributed by atoms with Crippen molar-refractivity contribution in [1.82, 2.24) is 15.2 Å². The number of nitrogens with zero attached hydrogens (tertiary/aromatic N) is 1. The number of H-pyrrole nitrogens is 1. The van der Waals surface area contributed by atoms with Crippen molar-refractivity contribution in [1.29, 1.82) is 0 Å². The van der Waals surface area contributed by atoms with Crippen molar-refractivity contribution >= 4 is 16.9 Å². The summed E-state index contributed by atoms with van der Waals surface area (Å²) in [6.45, 7) is 8.68. The number of aryl methyl sites for hydroxylation is 2. The van der Waals surface area contributed by atoms with Crippen molar-refractivity contribution in [3.8, 4) is 0 Å². The minimum Gasteiger partial charge on any atom is -0.358 e. The Bertz CT molecular complexity index is 681. The number of aromatic amines is 1. The quantitative estimate of drug-likeness (QED) is 0.873. The lowest BCUT2D eigenvalue weighted by Crippen LogP contribution is -2.44. The highest BCUT2D eigenvalue weighted by molar-refractivity contribution is 5.85. The largest absolute Gasteiger partial charge is 0.358 e. The maximum atomic E-state index is 11.9. The molecule has 0 atom stereocenters. The summed E-state index contributed by atoms with van der Waals surface area (Å²) >= 11 is 0. The zero-order valence-corrected chi connectivity index (χ0v) is 13.7. The van der Waals surface area contributed by atoms with Crippen LogP contribution in [-0.4, -0.2) is 35.5 Å². The summed E-state index contributed by atoms with van der Waals surface area (Å²) < 4.78 is 0. The van der Waals surface area contributed by atoms with E-state index in [1.165, 1.54) is 27.7 Å². The van der Waals surface area contributed by atoms with E-state index in [1.807, 2.05) is 11.8 Å². The molecule has 1 aliphatic heterocycles. The number of piperidine rings is 1. The van der Waals surface area contributed by atoms with Crippen molar-refractivity contribution in [2.75, 3.05) is 19.6 Å². The first-order chi connectivity index (χ1) is 10.6. The van der Waals surface area contributed by atoms with Gasteiger partial charge in [-0.1, -0.05) is 11.6 Å². The number of likely N-dealkylation sites (tertiary alicyclic amines) is 1. The molecular formula is C18H25N3O. The van der Waals surface area contributed by atoms with E-state index >= 15 is 0 Å². The lowest BCUT2D eigenvalue weighted by Gasteiger charge is -2.32. The summed E-state index contributed by atoms with van der Waals surface area (Å²) in [5, 5.41) is 4.22. The van der Waals surface area contributed by atoms with Crippen LogP contribution in [0.25, 0.3) is 10.9 Å². The molecule has 4 nitrogen and oxygen atoms in total. The van der Waals surface area contributed by atoms with Crippen molar-refractivity contribution in [2.24, 2.45) is 0 Å². The Morgan fingerprint density at radius 3 is 2.73 bits per heavy atom. The summed E-state index contributed by atoms with van der Waals surface area (Å²) in [4.78, 5) is 17.4. The maximum absolute atomic E-state index is 11.9. The number of hydrogen-bond acceptors (Lipinski definition) is 1. The molecule has 1 aromatic carbocycles. The number of carbonyl (C=O) groups is 1. The van der Waals surface area contributed by atoms with Crippen LogP contribution in [0.1, 0.15) is 42.5 Å². The molecule has 0 saturated carbocycles. The summed E-state index contributed by atoms with van der Waals surface area (Å²) in [5.74, 6) is 0.526. The normalized spacial score (nSPS) is 16.2. The fraction of sp³-hybridized carbons (Fsp3) is 0.500. The van der Waals surface area contributed by atoms with Gasteiger partial charge >= 0.3 is 6.03 Å². The first kappa shape index (κ1) is 14.9. The van der Waals surface area contributed by atoms with E-state index in [2.05, 4.69) is 42.3 Å². The minimum atomic E-state index is 0.0740. The molecular weight excluding hydrogens is 274 g/mol. The van der Waals surface area contributed by atoms with Crippen LogP contribution in [0, 0.1) is 13.8 Å². The molecule has 4 heteroatoms. The third kappa shape index (κ3) is 2.70. The van der Waals surface area contributed by atoms with E-state index in [-0.39, 0.29) is 6.03 Å². The lowest BCUT2D eigenvalue weighted by molar-refractivity contribution is 0.181. The smallest absolute Gasteiger partial charge is 0.317 e. The molecule has 1 aliphatic rings. The van der Waals surface area contributed by atoms with E-state index in [0.29, 0.717) is 12.5 Å². The van der Waals surface area contributed by atoms with Gasteiger partial charge in [0.2, 0.25) is 0 Å². The molecule has 22 heavy (non-hydrogen) atoms. The molecule has 0 aliphatic carbocycles.